The van der Waals surface area contributed by atoms with Gasteiger partial charge in [0.1, 0.15) is 5.78 Å². The highest BCUT2D eigenvalue weighted by molar-refractivity contribution is 5.83. The summed E-state index contributed by atoms with van der Waals surface area (Å²) < 4.78 is 0. The smallest absolute Gasteiger partial charge is 0.139 e. The fraction of sp³-hybridized carbons (Fsp3) is 0.500. The van der Waals surface area contributed by atoms with Crippen LogP contribution in [0, 0.1) is 16.7 Å². The fourth-order valence-electron chi connectivity index (χ4n) is 0.363. The van der Waals surface area contributed by atoms with Crippen LogP contribution in [0.4, 0.5) is 0 Å². The van der Waals surface area contributed by atoms with Gasteiger partial charge < -0.3 is 0 Å². The van der Waals surface area contributed by atoms with Crippen molar-refractivity contribution in [3.63, 3.8) is 0 Å². The number of hydrogen-bond donors (Lipinski definition) is 0. The lowest BCUT2D eigenvalue weighted by atomic mass is 9.89. The first-order valence-corrected chi connectivity index (χ1v) is 3.09. The first-order chi connectivity index (χ1) is 4.50. The molecular formula is C8H11NO. The molecule has 0 aromatic carbocycles. The van der Waals surface area contributed by atoms with Crippen molar-refractivity contribution < 1.29 is 4.79 Å². The molecule has 0 N–H and O–H groups in total. The van der Waals surface area contributed by atoms with Crippen molar-refractivity contribution in [3.8, 4) is 6.07 Å². The third-order valence-electron chi connectivity index (χ3n) is 1.48. The summed E-state index contributed by atoms with van der Waals surface area (Å²) >= 11 is 0. The molecule has 0 unspecified atom stereocenters. The zero-order valence-electron chi connectivity index (χ0n) is 6.51. The van der Waals surface area contributed by atoms with Gasteiger partial charge in [0.05, 0.1) is 6.07 Å². The molecule has 0 radical (unpaired) electrons. The van der Waals surface area contributed by atoms with Crippen LogP contribution < -0.4 is 0 Å². The van der Waals surface area contributed by atoms with Crippen LogP contribution in [0.25, 0.3) is 0 Å². The molecule has 0 amide bonds. The van der Waals surface area contributed by atoms with Crippen molar-refractivity contribution in [3.05, 3.63) is 12.2 Å². The monoisotopic (exact) mass is 137 g/mol. The Morgan fingerprint density at radius 3 is 2.40 bits per heavy atom. The van der Waals surface area contributed by atoms with E-state index in [1.165, 1.54) is 13.0 Å². The Morgan fingerprint density at radius 1 is 1.60 bits per heavy atom. The van der Waals surface area contributed by atoms with Crippen LogP contribution in [0.1, 0.15) is 20.8 Å². The summed E-state index contributed by atoms with van der Waals surface area (Å²) in [5, 5.41) is 8.16. The van der Waals surface area contributed by atoms with Gasteiger partial charge in [0.2, 0.25) is 0 Å². The van der Waals surface area contributed by atoms with Crippen molar-refractivity contribution in [2.45, 2.75) is 20.8 Å². The third kappa shape index (κ3) is 2.45. The van der Waals surface area contributed by atoms with Crippen LogP contribution in [0.5, 0.6) is 0 Å². The second-order valence-corrected chi connectivity index (χ2v) is 2.74. The van der Waals surface area contributed by atoms with E-state index in [4.69, 9.17) is 5.26 Å². The van der Waals surface area contributed by atoms with Crippen molar-refractivity contribution >= 4 is 5.78 Å². The molecule has 0 heterocycles. The van der Waals surface area contributed by atoms with E-state index in [1.807, 2.05) is 6.07 Å². The van der Waals surface area contributed by atoms with Gasteiger partial charge >= 0.3 is 0 Å². The Balaban J connectivity index is 4.30. The topological polar surface area (TPSA) is 40.9 Å². The number of carbonyl (C=O) groups is 1. The summed E-state index contributed by atoms with van der Waals surface area (Å²) in [4.78, 5) is 10.8. The van der Waals surface area contributed by atoms with E-state index in [9.17, 15) is 4.79 Å². The van der Waals surface area contributed by atoms with E-state index in [-0.39, 0.29) is 5.78 Å². The molecule has 0 bridgehead atoms. The summed E-state index contributed by atoms with van der Waals surface area (Å²) in [6.45, 7) is 5.08. The maximum Gasteiger partial charge on any atom is 0.139 e. The van der Waals surface area contributed by atoms with E-state index in [1.54, 1.807) is 19.9 Å². The molecule has 2 heteroatoms. The third-order valence-corrected chi connectivity index (χ3v) is 1.48. The molecule has 0 spiro atoms. The lowest BCUT2D eigenvalue weighted by molar-refractivity contribution is -0.122. The van der Waals surface area contributed by atoms with Gasteiger partial charge in [-0.3, -0.25) is 4.79 Å². The molecule has 10 heavy (non-hydrogen) atoms. The second-order valence-electron chi connectivity index (χ2n) is 2.74. The first kappa shape index (κ1) is 8.90. The Labute approximate surface area is 61.2 Å². The number of nitriles is 1. The highest BCUT2D eigenvalue weighted by Gasteiger charge is 2.18. The normalized spacial score (nSPS) is 11.4. The van der Waals surface area contributed by atoms with Crippen LogP contribution in [-0.2, 0) is 4.79 Å². The Hall–Kier alpha value is -1.10. The van der Waals surface area contributed by atoms with Gasteiger partial charge in [0.25, 0.3) is 0 Å². The van der Waals surface area contributed by atoms with E-state index >= 15 is 0 Å². The Morgan fingerprint density at radius 2 is 2.10 bits per heavy atom. The molecule has 0 rings (SSSR count). The summed E-state index contributed by atoms with van der Waals surface area (Å²) in [6.07, 6.45) is 2.94. The molecule has 0 atom stereocenters. The average molecular weight is 137 g/mol. The predicted octanol–water partition coefficient (Wildman–Crippen LogP) is 1.68. The van der Waals surface area contributed by atoms with Gasteiger partial charge in [-0.05, 0) is 20.8 Å². The molecule has 0 aliphatic carbocycles. The maximum atomic E-state index is 10.8. The van der Waals surface area contributed by atoms with Crippen molar-refractivity contribution in [2.75, 3.05) is 0 Å². The summed E-state index contributed by atoms with van der Waals surface area (Å²) in [5.74, 6) is 0.0685. The van der Waals surface area contributed by atoms with E-state index < -0.39 is 5.41 Å². The molecule has 0 aromatic rings. The van der Waals surface area contributed by atoms with Gasteiger partial charge in [-0.2, -0.15) is 5.26 Å². The first-order valence-electron chi connectivity index (χ1n) is 3.09. The van der Waals surface area contributed by atoms with Crippen LogP contribution in [0.2, 0.25) is 0 Å². The minimum atomic E-state index is -0.490. The van der Waals surface area contributed by atoms with Gasteiger partial charge in [-0.1, -0.05) is 6.08 Å². The van der Waals surface area contributed by atoms with Crippen LogP contribution in [0.15, 0.2) is 12.2 Å². The molecular weight excluding hydrogens is 126 g/mol. The van der Waals surface area contributed by atoms with Crippen LogP contribution in [0.3, 0.4) is 0 Å². The average Bonchev–Trinajstić information content (AvgIpc) is 1.84. The molecule has 0 saturated heterocycles. The van der Waals surface area contributed by atoms with Gasteiger partial charge in [-0.25, -0.2) is 0 Å². The Bertz CT molecular complexity index is 196. The van der Waals surface area contributed by atoms with Crippen molar-refractivity contribution in [2.24, 2.45) is 5.41 Å². The molecule has 0 saturated carbocycles. The number of rotatable bonds is 2. The van der Waals surface area contributed by atoms with E-state index in [0.29, 0.717) is 0 Å². The van der Waals surface area contributed by atoms with Gasteiger partial charge in [0, 0.05) is 11.5 Å². The number of hydrogen-bond acceptors (Lipinski definition) is 2. The highest BCUT2D eigenvalue weighted by atomic mass is 16.1. The number of Topliss-reactive ketones (excluding diaryl/α,β-unsaturated/α-hetero) is 1. The summed E-state index contributed by atoms with van der Waals surface area (Å²) in [7, 11) is 0. The number of nitrogens with zero attached hydrogens (tertiary/aromatic N) is 1. The minimum absolute atomic E-state index is 0.0685. The summed E-state index contributed by atoms with van der Waals surface area (Å²) in [6, 6.07) is 1.85. The number of ketones is 1. The largest absolute Gasteiger partial charge is 0.299 e. The van der Waals surface area contributed by atoms with Crippen LogP contribution in [-0.4, -0.2) is 5.78 Å². The molecule has 0 fully saturated rings. The predicted molar refractivity (Wildman–Crippen MR) is 39.2 cm³/mol. The molecule has 54 valence electrons. The quantitative estimate of drug-likeness (QED) is 0.543. The highest BCUT2D eigenvalue weighted by Crippen LogP contribution is 2.17. The lowest BCUT2D eigenvalue weighted by Crippen LogP contribution is -2.17. The Kier molecular flexibility index (Phi) is 2.82. The van der Waals surface area contributed by atoms with Crippen molar-refractivity contribution in [1.82, 2.24) is 0 Å². The van der Waals surface area contributed by atoms with Crippen molar-refractivity contribution in [1.29, 1.82) is 5.26 Å². The minimum Gasteiger partial charge on any atom is -0.299 e. The van der Waals surface area contributed by atoms with Crippen LogP contribution >= 0.6 is 0 Å². The zero-order valence-corrected chi connectivity index (χ0v) is 6.51. The van der Waals surface area contributed by atoms with E-state index in [0.717, 1.165) is 0 Å². The number of carbonyl (C=O) groups excluding carboxylic acids is 1. The molecule has 0 aliphatic heterocycles. The van der Waals surface area contributed by atoms with Gasteiger partial charge in [0.15, 0.2) is 0 Å². The maximum absolute atomic E-state index is 10.8. The zero-order chi connectivity index (χ0) is 8.20. The second kappa shape index (κ2) is 3.17. The summed E-state index contributed by atoms with van der Waals surface area (Å²) in [5.41, 5.74) is -0.490. The fourth-order valence-corrected chi connectivity index (χ4v) is 0.363. The lowest BCUT2D eigenvalue weighted by Gasteiger charge is -2.13. The molecule has 0 aromatic heterocycles. The standard InChI is InChI=1S/C8H11NO/c1-7(10)8(2,3)5-4-6-9/h4-5H,1-3H3/b5-4+. The van der Waals surface area contributed by atoms with E-state index in [2.05, 4.69) is 0 Å². The molecule has 0 aliphatic rings. The SMILES string of the molecule is CC(=O)C(C)(C)/C=C/C#N. The number of allylic oxidation sites excluding steroid dienone is 2. The van der Waals surface area contributed by atoms with Gasteiger partial charge in [-0.15, -0.1) is 0 Å². The molecule has 2 nitrogen and oxygen atoms in total.